The molecule has 23 heavy (non-hydrogen) atoms. The number of methoxy groups -OCH3 is 2. The van der Waals surface area contributed by atoms with Crippen LogP contribution in [0.1, 0.15) is 16.1 Å². The Morgan fingerprint density at radius 3 is 2.52 bits per heavy atom. The summed E-state index contributed by atoms with van der Waals surface area (Å²) in [5.41, 5.74) is 1.59. The largest absolute Gasteiger partial charge is 0.493 e. The van der Waals surface area contributed by atoms with Crippen molar-refractivity contribution in [1.29, 1.82) is 0 Å². The standard InChI is InChI=1S/C18H16O5/c1-20-15-10-14-13(9-17(23-14)18(19)21-2)8-16(15)22-11-12-6-4-3-5-7-12/h3-10H,11H2,1-2H3. The van der Waals surface area contributed by atoms with Gasteiger partial charge < -0.3 is 18.6 Å². The summed E-state index contributed by atoms with van der Waals surface area (Å²) in [7, 11) is 2.87. The Bertz CT molecular complexity index is 820. The maximum absolute atomic E-state index is 11.6. The smallest absolute Gasteiger partial charge is 0.373 e. The number of rotatable bonds is 5. The molecule has 0 radical (unpaired) electrons. The van der Waals surface area contributed by atoms with Crippen molar-refractivity contribution in [2.45, 2.75) is 6.61 Å². The maximum Gasteiger partial charge on any atom is 0.373 e. The Morgan fingerprint density at radius 1 is 1.04 bits per heavy atom. The van der Waals surface area contributed by atoms with Gasteiger partial charge in [-0.3, -0.25) is 0 Å². The second kappa shape index (κ2) is 6.44. The summed E-state index contributed by atoms with van der Waals surface area (Å²) in [5.74, 6) is 0.747. The van der Waals surface area contributed by atoms with Gasteiger partial charge in [-0.05, 0) is 17.7 Å². The lowest BCUT2D eigenvalue weighted by Crippen LogP contribution is -1.97. The van der Waals surface area contributed by atoms with E-state index in [0.717, 1.165) is 10.9 Å². The Balaban J connectivity index is 1.90. The van der Waals surface area contributed by atoms with Gasteiger partial charge in [0, 0.05) is 11.5 Å². The van der Waals surface area contributed by atoms with Gasteiger partial charge in [-0.1, -0.05) is 30.3 Å². The zero-order valence-corrected chi connectivity index (χ0v) is 12.9. The second-order valence-corrected chi connectivity index (χ2v) is 4.92. The lowest BCUT2D eigenvalue weighted by molar-refractivity contribution is 0.0567. The first-order valence-electron chi connectivity index (χ1n) is 7.08. The molecule has 0 aliphatic carbocycles. The van der Waals surface area contributed by atoms with Gasteiger partial charge in [0.05, 0.1) is 14.2 Å². The summed E-state index contributed by atoms with van der Waals surface area (Å²) in [6.07, 6.45) is 0. The predicted molar refractivity (Wildman–Crippen MR) is 84.9 cm³/mol. The zero-order chi connectivity index (χ0) is 16.2. The number of esters is 1. The molecular weight excluding hydrogens is 296 g/mol. The molecule has 5 nitrogen and oxygen atoms in total. The van der Waals surface area contributed by atoms with Crippen LogP contribution in [-0.2, 0) is 11.3 Å². The highest BCUT2D eigenvalue weighted by atomic mass is 16.5. The number of benzene rings is 2. The van der Waals surface area contributed by atoms with Gasteiger partial charge in [-0.25, -0.2) is 4.79 Å². The molecule has 118 valence electrons. The van der Waals surface area contributed by atoms with Crippen molar-refractivity contribution in [3.63, 3.8) is 0 Å². The van der Waals surface area contributed by atoms with E-state index in [9.17, 15) is 4.79 Å². The highest BCUT2D eigenvalue weighted by Crippen LogP contribution is 2.34. The molecule has 1 aromatic heterocycles. The molecule has 0 unspecified atom stereocenters. The molecule has 0 N–H and O–H groups in total. The molecule has 3 aromatic rings. The fourth-order valence-electron chi connectivity index (χ4n) is 2.26. The van der Waals surface area contributed by atoms with Crippen LogP contribution in [0, 0.1) is 0 Å². The minimum Gasteiger partial charge on any atom is -0.493 e. The first kappa shape index (κ1) is 15.0. The van der Waals surface area contributed by atoms with Crippen LogP contribution < -0.4 is 9.47 Å². The minimum absolute atomic E-state index is 0.143. The number of fused-ring (bicyclic) bond motifs is 1. The Hall–Kier alpha value is -2.95. The Morgan fingerprint density at radius 2 is 1.83 bits per heavy atom. The van der Waals surface area contributed by atoms with E-state index in [0.29, 0.717) is 23.7 Å². The first-order chi connectivity index (χ1) is 11.2. The van der Waals surface area contributed by atoms with E-state index in [1.807, 2.05) is 30.3 Å². The number of furan rings is 1. The van der Waals surface area contributed by atoms with Gasteiger partial charge in [0.2, 0.25) is 5.76 Å². The van der Waals surface area contributed by atoms with Gasteiger partial charge in [0.25, 0.3) is 0 Å². The summed E-state index contributed by atoms with van der Waals surface area (Å²) in [5, 5.41) is 0.745. The van der Waals surface area contributed by atoms with Crippen molar-refractivity contribution in [1.82, 2.24) is 0 Å². The minimum atomic E-state index is -0.521. The molecule has 1 heterocycles. The molecule has 2 aromatic carbocycles. The molecule has 0 saturated heterocycles. The van der Waals surface area contributed by atoms with Gasteiger partial charge in [-0.2, -0.15) is 0 Å². The lowest BCUT2D eigenvalue weighted by Gasteiger charge is -2.10. The fraction of sp³-hybridized carbons (Fsp3) is 0.167. The molecule has 0 spiro atoms. The summed E-state index contributed by atoms with van der Waals surface area (Å²) in [4.78, 5) is 11.6. The Kier molecular flexibility index (Phi) is 4.19. The van der Waals surface area contributed by atoms with Crippen molar-refractivity contribution < 1.29 is 23.4 Å². The molecular formula is C18H16O5. The van der Waals surface area contributed by atoms with Crippen LogP contribution >= 0.6 is 0 Å². The molecule has 0 amide bonds. The number of hydrogen-bond donors (Lipinski definition) is 0. The third kappa shape index (κ3) is 3.13. The summed E-state index contributed by atoms with van der Waals surface area (Å²) < 4.78 is 21.3. The van der Waals surface area contributed by atoms with Crippen LogP contribution in [0.5, 0.6) is 11.5 Å². The molecule has 0 aliphatic heterocycles. The molecule has 3 rings (SSSR count). The number of carbonyl (C=O) groups is 1. The fourth-order valence-corrected chi connectivity index (χ4v) is 2.26. The van der Waals surface area contributed by atoms with Gasteiger partial charge in [0.15, 0.2) is 11.5 Å². The van der Waals surface area contributed by atoms with Crippen LogP contribution in [0.3, 0.4) is 0 Å². The van der Waals surface area contributed by atoms with E-state index >= 15 is 0 Å². The molecule has 0 saturated carbocycles. The normalized spacial score (nSPS) is 10.5. The van der Waals surface area contributed by atoms with E-state index < -0.39 is 5.97 Å². The van der Waals surface area contributed by atoms with Crippen LogP contribution in [0.15, 0.2) is 52.9 Å². The molecule has 0 bridgehead atoms. The predicted octanol–water partition coefficient (Wildman–Crippen LogP) is 3.81. The van der Waals surface area contributed by atoms with Gasteiger partial charge >= 0.3 is 5.97 Å². The molecule has 0 aliphatic rings. The van der Waals surface area contributed by atoms with E-state index in [-0.39, 0.29) is 5.76 Å². The first-order valence-corrected chi connectivity index (χ1v) is 7.08. The quantitative estimate of drug-likeness (QED) is 0.671. The summed E-state index contributed by atoms with van der Waals surface area (Å²) >= 11 is 0. The maximum atomic E-state index is 11.6. The zero-order valence-electron chi connectivity index (χ0n) is 12.9. The van der Waals surface area contributed by atoms with Crippen LogP contribution in [0.25, 0.3) is 11.0 Å². The van der Waals surface area contributed by atoms with Crippen molar-refractivity contribution in [3.05, 3.63) is 59.9 Å². The summed E-state index contributed by atoms with van der Waals surface area (Å²) in [6, 6.07) is 14.9. The monoisotopic (exact) mass is 312 g/mol. The number of ether oxygens (including phenoxy) is 3. The number of hydrogen-bond acceptors (Lipinski definition) is 5. The van der Waals surface area contributed by atoms with Crippen LogP contribution in [-0.4, -0.2) is 20.2 Å². The van der Waals surface area contributed by atoms with E-state index in [4.69, 9.17) is 13.9 Å². The van der Waals surface area contributed by atoms with Gasteiger partial charge in [-0.15, -0.1) is 0 Å². The number of carbonyl (C=O) groups excluding carboxylic acids is 1. The summed E-state index contributed by atoms with van der Waals surface area (Å²) in [6.45, 7) is 0.421. The molecule has 5 heteroatoms. The molecule has 0 atom stereocenters. The van der Waals surface area contributed by atoms with Gasteiger partial charge in [0.1, 0.15) is 12.2 Å². The van der Waals surface area contributed by atoms with Crippen LogP contribution in [0.4, 0.5) is 0 Å². The third-order valence-corrected chi connectivity index (χ3v) is 3.43. The lowest BCUT2D eigenvalue weighted by atomic mass is 10.2. The molecule has 0 fully saturated rings. The second-order valence-electron chi connectivity index (χ2n) is 4.92. The Labute approximate surface area is 133 Å². The highest BCUT2D eigenvalue weighted by Gasteiger charge is 2.15. The van der Waals surface area contributed by atoms with E-state index in [2.05, 4.69) is 4.74 Å². The third-order valence-electron chi connectivity index (χ3n) is 3.43. The van der Waals surface area contributed by atoms with Crippen molar-refractivity contribution in [3.8, 4) is 11.5 Å². The SMILES string of the molecule is COC(=O)c1cc2cc(OCc3ccccc3)c(OC)cc2o1. The van der Waals surface area contributed by atoms with Crippen molar-refractivity contribution >= 4 is 16.9 Å². The van der Waals surface area contributed by atoms with Crippen molar-refractivity contribution in [2.24, 2.45) is 0 Å². The highest BCUT2D eigenvalue weighted by molar-refractivity contribution is 5.93. The average molecular weight is 312 g/mol. The van der Waals surface area contributed by atoms with E-state index in [1.165, 1.54) is 7.11 Å². The van der Waals surface area contributed by atoms with Crippen LogP contribution in [0.2, 0.25) is 0 Å². The average Bonchev–Trinajstić information content (AvgIpc) is 3.02. The van der Waals surface area contributed by atoms with Crippen molar-refractivity contribution in [2.75, 3.05) is 14.2 Å². The van der Waals surface area contributed by atoms with E-state index in [1.54, 1.807) is 25.3 Å². The topological polar surface area (TPSA) is 57.9 Å².